The van der Waals surface area contributed by atoms with Crippen LogP contribution >= 0.6 is 0 Å². The number of hydrogen-bond acceptors (Lipinski definition) is 1. The van der Waals surface area contributed by atoms with Crippen LogP contribution in [0.25, 0.3) is 0 Å². The lowest BCUT2D eigenvalue weighted by Crippen LogP contribution is -2.28. The minimum absolute atomic E-state index is 0.788. The fourth-order valence-corrected chi connectivity index (χ4v) is 2.11. The predicted molar refractivity (Wildman–Crippen MR) is 61.0 cm³/mol. The van der Waals surface area contributed by atoms with Gasteiger partial charge in [-0.1, -0.05) is 34.6 Å². The quantitative estimate of drug-likeness (QED) is 0.614. The zero-order chi connectivity index (χ0) is 10.4. The highest BCUT2D eigenvalue weighted by molar-refractivity contribution is 4.62. The zero-order valence-electron chi connectivity index (χ0n) is 10.3. The maximum absolute atomic E-state index is 2.46. The molecule has 0 heterocycles. The van der Waals surface area contributed by atoms with Crippen molar-refractivity contribution in [2.45, 2.75) is 41.0 Å². The second-order valence-corrected chi connectivity index (χ2v) is 5.35. The topological polar surface area (TPSA) is 3.24 Å². The van der Waals surface area contributed by atoms with Crippen LogP contribution in [0.4, 0.5) is 0 Å². The summed E-state index contributed by atoms with van der Waals surface area (Å²) in [5.41, 5.74) is 0. The van der Waals surface area contributed by atoms with Crippen LogP contribution in [0.15, 0.2) is 0 Å². The van der Waals surface area contributed by atoms with E-state index in [0.29, 0.717) is 0 Å². The van der Waals surface area contributed by atoms with Gasteiger partial charge in [0.15, 0.2) is 0 Å². The Morgan fingerprint density at radius 3 is 1.77 bits per heavy atom. The Bertz CT molecular complexity index is 104. The minimum Gasteiger partial charge on any atom is -0.306 e. The highest BCUT2D eigenvalue weighted by Gasteiger charge is 2.09. The van der Waals surface area contributed by atoms with Gasteiger partial charge in [0.25, 0.3) is 0 Å². The first-order valence-corrected chi connectivity index (χ1v) is 5.60. The molecule has 0 aromatic heterocycles. The van der Waals surface area contributed by atoms with E-state index in [0.717, 1.165) is 17.8 Å². The fraction of sp³-hybridized carbons (Fsp3) is 1.00. The molecule has 1 atom stereocenters. The van der Waals surface area contributed by atoms with Crippen molar-refractivity contribution in [3.63, 3.8) is 0 Å². The van der Waals surface area contributed by atoms with E-state index in [1.807, 2.05) is 0 Å². The van der Waals surface area contributed by atoms with Gasteiger partial charge in [-0.15, -0.1) is 0 Å². The lowest BCUT2D eigenvalue weighted by Gasteiger charge is -2.23. The predicted octanol–water partition coefficient (Wildman–Crippen LogP) is 3.26. The third-order valence-electron chi connectivity index (χ3n) is 2.17. The van der Waals surface area contributed by atoms with Crippen LogP contribution in [0.5, 0.6) is 0 Å². The van der Waals surface area contributed by atoms with Gasteiger partial charge in [-0.3, -0.25) is 0 Å². The van der Waals surface area contributed by atoms with E-state index >= 15 is 0 Å². The van der Waals surface area contributed by atoms with Crippen molar-refractivity contribution in [1.82, 2.24) is 4.90 Å². The molecule has 0 saturated heterocycles. The molecule has 0 radical (unpaired) electrons. The van der Waals surface area contributed by atoms with Crippen molar-refractivity contribution in [2.75, 3.05) is 20.1 Å². The SMILES string of the molecule is CC(C)CC(C)CN(C)CC(C)C. The molecule has 0 N–H and O–H groups in total. The van der Waals surface area contributed by atoms with Crippen LogP contribution in [0.1, 0.15) is 41.0 Å². The lowest BCUT2D eigenvalue weighted by atomic mass is 9.98. The molecule has 0 aliphatic carbocycles. The van der Waals surface area contributed by atoms with E-state index in [-0.39, 0.29) is 0 Å². The molecule has 0 aromatic rings. The molecule has 0 rings (SSSR count). The summed E-state index contributed by atoms with van der Waals surface area (Å²) in [6.07, 6.45) is 1.35. The van der Waals surface area contributed by atoms with Crippen LogP contribution in [0.2, 0.25) is 0 Å². The van der Waals surface area contributed by atoms with E-state index in [9.17, 15) is 0 Å². The van der Waals surface area contributed by atoms with Crippen LogP contribution in [0, 0.1) is 17.8 Å². The molecule has 13 heavy (non-hydrogen) atoms. The fourth-order valence-electron chi connectivity index (χ4n) is 2.11. The standard InChI is InChI=1S/C12H27N/c1-10(2)7-12(5)9-13(6)8-11(3)4/h10-12H,7-9H2,1-6H3. The van der Waals surface area contributed by atoms with E-state index in [1.54, 1.807) is 0 Å². The van der Waals surface area contributed by atoms with Crippen molar-refractivity contribution in [1.29, 1.82) is 0 Å². The Labute approximate surface area is 84.5 Å². The van der Waals surface area contributed by atoms with Crippen LogP contribution in [-0.2, 0) is 0 Å². The van der Waals surface area contributed by atoms with Gasteiger partial charge in [-0.2, -0.15) is 0 Å². The molecule has 1 unspecified atom stereocenters. The van der Waals surface area contributed by atoms with Gasteiger partial charge in [-0.05, 0) is 31.2 Å². The summed E-state index contributed by atoms with van der Waals surface area (Å²) >= 11 is 0. The number of nitrogens with zero attached hydrogens (tertiary/aromatic N) is 1. The van der Waals surface area contributed by atoms with Crippen LogP contribution in [0.3, 0.4) is 0 Å². The Morgan fingerprint density at radius 1 is 0.846 bits per heavy atom. The molecule has 80 valence electrons. The zero-order valence-corrected chi connectivity index (χ0v) is 10.3. The molecule has 1 nitrogen and oxygen atoms in total. The molecule has 0 amide bonds. The molecule has 0 aliphatic heterocycles. The summed E-state index contributed by atoms with van der Waals surface area (Å²) in [7, 11) is 2.23. The Morgan fingerprint density at radius 2 is 1.38 bits per heavy atom. The molecule has 0 fully saturated rings. The highest BCUT2D eigenvalue weighted by Crippen LogP contribution is 2.12. The van der Waals surface area contributed by atoms with Crippen LogP contribution in [-0.4, -0.2) is 25.0 Å². The normalized spacial score (nSPS) is 14.5. The minimum atomic E-state index is 0.788. The van der Waals surface area contributed by atoms with Crippen molar-refractivity contribution < 1.29 is 0 Å². The number of hydrogen-bond donors (Lipinski definition) is 0. The van der Waals surface area contributed by atoms with Gasteiger partial charge < -0.3 is 4.90 Å². The van der Waals surface area contributed by atoms with Gasteiger partial charge in [0.05, 0.1) is 0 Å². The monoisotopic (exact) mass is 185 g/mol. The van der Waals surface area contributed by atoms with E-state index in [1.165, 1.54) is 19.5 Å². The van der Waals surface area contributed by atoms with E-state index in [2.05, 4.69) is 46.6 Å². The van der Waals surface area contributed by atoms with Crippen LogP contribution < -0.4 is 0 Å². The summed E-state index contributed by atoms with van der Waals surface area (Å²) in [4.78, 5) is 2.46. The Kier molecular flexibility index (Phi) is 6.40. The Balaban J connectivity index is 3.58. The maximum Gasteiger partial charge on any atom is 0.000418 e. The summed E-state index contributed by atoms with van der Waals surface area (Å²) < 4.78 is 0. The summed E-state index contributed by atoms with van der Waals surface area (Å²) in [5, 5.41) is 0. The lowest BCUT2D eigenvalue weighted by molar-refractivity contribution is 0.241. The summed E-state index contributed by atoms with van der Waals surface area (Å²) in [6, 6.07) is 0. The molecule has 0 bridgehead atoms. The molecule has 0 saturated carbocycles. The molecular formula is C12H27N. The smallest absolute Gasteiger partial charge is 0.000418 e. The van der Waals surface area contributed by atoms with Gasteiger partial charge in [-0.25, -0.2) is 0 Å². The van der Waals surface area contributed by atoms with Gasteiger partial charge in [0.1, 0.15) is 0 Å². The van der Waals surface area contributed by atoms with E-state index in [4.69, 9.17) is 0 Å². The second kappa shape index (κ2) is 6.42. The number of rotatable bonds is 6. The van der Waals surface area contributed by atoms with Gasteiger partial charge in [0, 0.05) is 13.1 Å². The van der Waals surface area contributed by atoms with Crippen molar-refractivity contribution in [2.24, 2.45) is 17.8 Å². The Hall–Kier alpha value is -0.0400. The first-order chi connectivity index (χ1) is 5.91. The van der Waals surface area contributed by atoms with Gasteiger partial charge in [0.2, 0.25) is 0 Å². The molecule has 0 spiro atoms. The molecular weight excluding hydrogens is 158 g/mol. The third-order valence-corrected chi connectivity index (χ3v) is 2.17. The van der Waals surface area contributed by atoms with Crippen molar-refractivity contribution in [3.05, 3.63) is 0 Å². The van der Waals surface area contributed by atoms with Crippen molar-refractivity contribution >= 4 is 0 Å². The molecule has 0 aromatic carbocycles. The van der Waals surface area contributed by atoms with Crippen molar-refractivity contribution in [3.8, 4) is 0 Å². The van der Waals surface area contributed by atoms with E-state index < -0.39 is 0 Å². The summed E-state index contributed by atoms with van der Waals surface area (Å²) in [5.74, 6) is 2.46. The average molecular weight is 185 g/mol. The summed E-state index contributed by atoms with van der Waals surface area (Å²) in [6.45, 7) is 14.0. The third kappa shape index (κ3) is 8.29. The highest BCUT2D eigenvalue weighted by atomic mass is 15.1. The first-order valence-electron chi connectivity index (χ1n) is 5.60. The van der Waals surface area contributed by atoms with Gasteiger partial charge >= 0.3 is 0 Å². The molecule has 0 aliphatic rings. The molecule has 1 heteroatoms. The average Bonchev–Trinajstić information content (AvgIpc) is 1.80. The second-order valence-electron chi connectivity index (χ2n) is 5.35. The first kappa shape index (κ1) is 13.0. The largest absolute Gasteiger partial charge is 0.306 e. The maximum atomic E-state index is 2.46.